The Labute approximate surface area is 213 Å². The molecule has 0 radical (unpaired) electrons. The molecule has 2 aromatic carbocycles. The van der Waals surface area contributed by atoms with Gasteiger partial charge < -0.3 is 5.32 Å². The summed E-state index contributed by atoms with van der Waals surface area (Å²) in [6, 6.07) is 9.28. The van der Waals surface area contributed by atoms with E-state index in [1.165, 1.54) is 28.2 Å². The molecule has 5 nitrogen and oxygen atoms in total. The highest BCUT2D eigenvalue weighted by atomic mass is 35.5. The van der Waals surface area contributed by atoms with Crippen molar-refractivity contribution in [1.82, 2.24) is 9.62 Å². The molecule has 0 saturated carbocycles. The molecule has 1 aliphatic heterocycles. The number of nitrogens with zero attached hydrogens (tertiary/aromatic N) is 1. The Morgan fingerprint density at radius 1 is 1.18 bits per heavy atom. The third-order valence-electron chi connectivity index (χ3n) is 5.36. The molecule has 11 heteroatoms. The van der Waals surface area contributed by atoms with Crippen LogP contribution < -0.4 is 5.32 Å². The monoisotopic (exact) mass is 552 g/mol. The summed E-state index contributed by atoms with van der Waals surface area (Å²) in [6.07, 6.45) is 1.23. The van der Waals surface area contributed by atoms with Gasteiger partial charge in [0, 0.05) is 51.8 Å². The van der Waals surface area contributed by atoms with Crippen molar-refractivity contribution < 1.29 is 17.6 Å². The molecule has 0 aromatic heterocycles. The lowest BCUT2D eigenvalue weighted by Crippen LogP contribution is -2.46. The van der Waals surface area contributed by atoms with E-state index in [9.17, 15) is 17.6 Å². The molecule has 33 heavy (non-hydrogen) atoms. The van der Waals surface area contributed by atoms with Gasteiger partial charge in [-0.15, -0.1) is 0 Å². The van der Waals surface area contributed by atoms with Crippen LogP contribution in [-0.2, 0) is 26.3 Å². The van der Waals surface area contributed by atoms with Gasteiger partial charge >= 0.3 is 0 Å². The molecule has 1 aliphatic rings. The van der Waals surface area contributed by atoms with Gasteiger partial charge in [0.1, 0.15) is 5.82 Å². The lowest BCUT2D eigenvalue weighted by molar-refractivity contribution is -0.125. The molecule has 0 unspecified atom stereocenters. The van der Waals surface area contributed by atoms with E-state index in [0.717, 1.165) is 0 Å². The highest BCUT2D eigenvalue weighted by Gasteiger charge is 2.32. The fourth-order valence-electron chi connectivity index (χ4n) is 3.57. The maximum atomic E-state index is 13.8. The summed E-state index contributed by atoms with van der Waals surface area (Å²) in [5, 5.41) is 3.98. The van der Waals surface area contributed by atoms with Crippen LogP contribution >= 0.6 is 46.6 Å². The van der Waals surface area contributed by atoms with Crippen molar-refractivity contribution >= 4 is 62.5 Å². The van der Waals surface area contributed by atoms with Gasteiger partial charge in [-0.3, -0.25) is 4.79 Å². The van der Waals surface area contributed by atoms with E-state index in [0.29, 0.717) is 63.6 Å². The SMILES string of the molecule is O=C(NCCSCc1c(F)cccc1Cl)[C@H]1CCCN(S(=O)(=O)Cc2ccc(Cl)cc2Cl)C1. The average Bonchev–Trinajstić information content (AvgIpc) is 2.77. The number of amides is 1. The number of carbonyl (C=O) groups is 1. The summed E-state index contributed by atoms with van der Waals surface area (Å²) < 4.78 is 41.0. The second-order valence-electron chi connectivity index (χ2n) is 7.73. The molecule has 0 spiro atoms. The van der Waals surface area contributed by atoms with Crippen molar-refractivity contribution in [1.29, 1.82) is 0 Å². The molecule has 1 saturated heterocycles. The van der Waals surface area contributed by atoms with Gasteiger partial charge in [-0.05, 0) is 42.7 Å². The summed E-state index contributed by atoms with van der Waals surface area (Å²) in [6.45, 7) is 0.910. The number of halogens is 4. The Morgan fingerprint density at radius 2 is 1.97 bits per heavy atom. The molecule has 1 N–H and O–H groups in total. The summed E-state index contributed by atoms with van der Waals surface area (Å²) in [5.41, 5.74) is 0.920. The maximum absolute atomic E-state index is 13.8. The molecular weight excluding hydrogens is 530 g/mol. The van der Waals surface area contributed by atoms with Crippen LogP contribution in [-0.4, -0.2) is 44.0 Å². The first kappa shape index (κ1) is 26.6. The number of hydrogen-bond acceptors (Lipinski definition) is 4. The zero-order chi connectivity index (χ0) is 24.0. The van der Waals surface area contributed by atoms with E-state index in [1.807, 2.05) is 0 Å². The summed E-state index contributed by atoms with van der Waals surface area (Å²) >= 11 is 19.5. The quantitative estimate of drug-likeness (QED) is 0.424. The van der Waals surface area contributed by atoms with E-state index in [4.69, 9.17) is 34.8 Å². The Hall–Kier alpha value is -1.03. The lowest BCUT2D eigenvalue weighted by Gasteiger charge is -2.31. The second-order valence-corrected chi connectivity index (χ2v) is 12.1. The van der Waals surface area contributed by atoms with Crippen LogP contribution in [0.25, 0.3) is 0 Å². The zero-order valence-electron chi connectivity index (χ0n) is 17.7. The first-order valence-electron chi connectivity index (χ1n) is 10.4. The second kappa shape index (κ2) is 12.1. The minimum Gasteiger partial charge on any atom is -0.355 e. The van der Waals surface area contributed by atoms with Crippen molar-refractivity contribution in [2.75, 3.05) is 25.4 Å². The van der Waals surface area contributed by atoms with Crippen molar-refractivity contribution in [3.8, 4) is 0 Å². The van der Waals surface area contributed by atoms with Gasteiger partial charge in [-0.1, -0.05) is 46.9 Å². The van der Waals surface area contributed by atoms with Gasteiger partial charge in [0.25, 0.3) is 0 Å². The number of rotatable bonds is 9. The third kappa shape index (κ3) is 7.47. The lowest BCUT2D eigenvalue weighted by atomic mass is 9.99. The molecule has 0 aliphatic carbocycles. The Balaban J connectivity index is 1.47. The van der Waals surface area contributed by atoms with Crippen LogP contribution in [0.2, 0.25) is 15.1 Å². The Kier molecular flexibility index (Phi) is 9.73. The fourth-order valence-corrected chi connectivity index (χ4v) is 6.96. The summed E-state index contributed by atoms with van der Waals surface area (Å²) in [4.78, 5) is 12.6. The van der Waals surface area contributed by atoms with Gasteiger partial charge in [-0.25, -0.2) is 17.1 Å². The number of carbonyl (C=O) groups excluding carboxylic acids is 1. The van der Waals surface area contributed by atoms with E-state index >= 15 is 0 Å². The molecule has 1 amide bonds. The fraction of sp³-hybridized carbons (Fsp3) is 0.409. The third-order valence-corrected chi connectivity index (χ3v) is 9.08. The number of benzene rings is 2. The molecule has 1 heterocycles. The standard InChI is InChI=1S/C22H24Cl3FN2O3S2/c23-17-7-6-16(20(25)11-17)14-33(30,31)28-9-2-3-15(12-28)22(29)27-8-10-32-13-18-19(24)4-1-5-21(18)26/h1,4-7,11,15H,2-3,8-10,12-14H2,(H,27,29)/t15-/m0/s1. The van der Waals surface area contributed by atoms with Crippen molar-refractivity contribution in [2.24, 2.45) is 5.92 Å². The predicted molar refractivity (Wildman–Crippen MR) is 134 cm³/mol. The Bertz CT molecular complexity index is 1080. The largest absolute Gasteiger partial charge is 0.355 e. The van der Waals surface area contributed by atoms with Crippen molar-refractivity contribution in [3.05, 3.63) is 68.4 Å². The molecule has 0 bridgehead atoms. The number of hydrogen-bond donors (Lipinski definition) is 1. The van der Waals surface area contributed by atoms with Crippen LogP contribution in [0.1, 0.15) is 24.0 Å². The molecular formula is C22H24Cl3FN2O3S2. The van der Waals surface area contributed by atoms with Crippen LogP contribution in [0.15, 0.2) is 36.4 Å². The maximum Gasteiger partial charge on any atom is 0.224 e. The first-order chi connectivity index (χ1) is 15.7. The minimum absolute atomic E-state index is 0.136. The molecule has 1 atom stereocenters. The van der Waals surface area contributed by atoms with Gasteiger partial charge in [0.2, 0.25) is 15.9 Å². The topological polar surface area (TPSA) is 66.5 Å². The van der Waals surface area contributed by atoms with Crippen molar-refractivity contribution in [3.63, 3.8) is 0 Å². The smallest absolute Gasteiger partial charge is 0.224 e. The van der Waals surface area contributed by atoms with Gasteiger partial charge in [0.15, 0.2) is 0 Å². The zero-order valence-corrected chi connectivity index (χ0v) is 21.6. The number of nitrogens with one attached hydrogen (secondary N) is 1. The van der Waals surface area contributed by atoms with Crippen LogP contribution in [0.4, 0.5) is 4.39 Å². The van der Waals surface area contributed by atoms with Gasteiger partial charge in [-0.2, -0.15) is 11.8 Å². The molecule has 1 fully saturated rings. The van der Waals surface area contributed by atoms with E-state index in [-0.39, 0.29) is 24.0 Å². The highest BCUT2D eigenvalue weighted by molar-refractivity contribution is 7.98. The summed E-state index contributed by atoms with van der Waals surface area (Å²) in [5.74, 6) is -0.191. The average molecular weight is 554 g/mol. The van der Waals surface area contributed by atoms with Crippen LogP contribution in [0, 0.1) is 11.7 Å². The van der Waals surface area contributed by atoms with Crippen LogP contribution in [0.3, 0.4) is 0 Å². The highest BCUT2D eigenvalue weighted by Crippen LogP contribution is 2.27. The van der Waals surface area contributed by atoms with E-state index in [2.05, 4.69) is 5.32 Å². The minimum atomic E-state index is -3.63. The summed E-state index contributed by atoms with van der Waals surface area (Å²) in [7, 11) is -3.63. The van der Waals surface area contributed by atoms with E-state index < -0.39 is 15.9 Å². The number of piperidine rings is 1. The molecule has 3 rings (SSSR count). The van der Waals surface area contributed by atoms with E-state index in [1.54, 1.807) is 24.3 Å². The predicted octanol–water partition coefficient (Wildman–Crippen LogP) is 5.38. The molecule has 180 valence electrons. The normalized spacial score (nSPS) is 17.2. The van der Waals surface area contributed by atoms with Crippen molar-refractivity contribution in [2.45, 2.75) is 24.3 Å². The molecule has 2 aromatic rings. The van der Waals surface area contributed by atoms with Crippen LogP contribution in [0.5, 0.6) is 0 Å². The first-order valence-corrected chi connectivity index (χ1v) is 14.3. The van der Waals surface area contributed by atoms with Gasteiger partial charge in [0.05, 0.1) is 11.7 Å². The Morgan fingerprint density at radius 3 is 2.70 bits per heavy atom. The number of thioether (sulfide) groups is 1. The number of sulfonamides is 1.